The highest BCUT2D eigenvalue weighted by molar-refractivity contribution is 5.87. The second-order valence-corrected chi connectivity index (χ2v) is 4.27. The Balaban J connectivity index is 2.81. The topological polar surface area (TPSA) is 88.4 Å². The van der Waals surface area contributed by atoms with Crippen LogP contribution in [0, 0.1) is 0 Å². The third-order valence-electron chi connectivity index (χ3n) is 2.90. The van der Waals surface area contributed by atoms with E-state index in [4.69, 9.17) is 5.11 Å². The number of nitrogens with one attached hydrogen (secondary N) is 1. The Morgan fingerprint density at radius 2 is 1.95 bits per heavy atom. The van der Waals surface area contributed by atoms with Gasteiger partial charge in [-0.3, -0.25) is 9.59 Å². The van der Waals surface area contributed by atoms with Gasteiger partial charge in [-0.25, -0.2) is 4.79 Å². The molecule has 104 valence electrons. The maximum Gasteiger partial charge on any atom is 0.337 e. The summed E-state index contributed by atoms with van der Waals surface area (Å²) in [6, 6.07) is 2.44. The number of amides is 1. The quantitative estimate of drug-likeness (QED) is 0.799. The number of rotatable bonds is 6. The predicted octanol–water partition coefficient (Wildman–Crippen LogP) is 0.851. The molecule has 1 amide bonds. The smallest absolute Gasteiger partial charge is 0.337 e. The van der Waals surface area contributed by atoms with Crippen molar-refractivity contribution in [1.29, 1.82) is 0 Å². The summed E-state index contributed by atoms with van der Waals surface area (Å²) >= 11 is 0. The van der Waals surface area contributed by atoms with Gasteiger partial charge in [0.25, 0.3) is 5.56 Å². The Kier molecular flexibility index (Phi) is 5.29. The zero-order valence-electron chi connectivity index (χ0n) is 11.0. The molecular formula is C13H18N2O4. The maximum atomic E-state index is 11.8. The number of nitrogens with zero attached hydrogens (tertiary/aromatic N) is 1. The molecule has 0 saturated carbocycles. The molecule has 0 spiro atoms. The van der Waals surface area contributed by atoms with Crippen molar-refractivity contribution in [3.63, 3.8) is 0 Å². The van der Waals surface area contributed by atoms with E-state index >= 15 is 0 Å². The lowest BCUT2D eigenvalue weighted by Crippen LogP contribution is -2.38. The van der Waals surface area contributed by atoms with Crippen LogP contribution in [0.25, 0.3) is 0 Å². The predicted molar refractivity (Wildman–Crippen MR) is 70.2 cm³/mol. The molecule has 6 nitrogen and oxygen atoms in total. The molecule has 0 saturated heterocycles. The molecule has 6 heteroatoms. The average molecular weight is 266 g/mol. The fraction of sp³-hybridized carbons (Fsp3) is 0.462. The minimum Gasteiger partial charge on any atom is -0.478 e. The summed E-state index contributed by atoms with van der Waals surface area (Å²) in [7, 11) is 0. The Hall–Kier alpha value is -2.11. The van der Waals surface area contributed by atoms with E-state index in [1.165, 1.54) is 12.3 Å². The van der Waals surface area contributed by atoms with E-state index in [1.54, 1.807) is 0 Å². The highest BCUT2D eigenvalue weighted by atomic mass is 16.4. The van der Waals surface area contributed by atoms with Gasteiger partial charge >= 0.3 is 5.97 Å². The molecule has 0 aromatic carbocycles. The fourth-order valence-corrected chi connectivity index (χ4v) is 1.70. The van der Waals surface area contributed by atoms with E-state index in [9.17, 15) is 14.4 Å². The van der Waals surface area contributed by atoms with Crippen molar-refractivity contribution in [3.05, 3.63) is 34.2 Å². The number of carboxylic acid groups (broad SMARTS) is 1. The second-order valence-electron chi connectivity index (χ2n) is 4.27. The molecule has 0 aliphatic heterocycles. The van der Waals surface area contributed by atoms with Crippen molar-refractivity contribution < 1.29 is 14.7 Å². The van der Waals surface area contributed by atoms with Crippen LogP contribution in [-0.4, -0.2) is 27.6 Å². The number of aromatic carboxylic acids is 1. The van der Waals surface area contributed by atoms with E-state index in [0.717, 1.165) is 23.5 Å². The summed E-state index contributed by atoms with van der Waals surface area (Å²) < 4.78 is 1.10. The third-order valence-corrected chi connectivity index (χ3v) is 2.90. The summed E-state index contributed by atoms with van der Waals surface area (Å²) in [6.45, 7) is 3.76. The third kappa shape index (κ3) is 4.24. The van der Waals surface area contributed by atoms with Gasteiger partial charge in [0.15, 0.2) is 0 Å². The van der Waals surface area contributed by atoms with Gasteiger partial charge in [-0.2, -0.15) is 0 Å². The molecule has 0 unspecified atom stereocenters. The summed E-state index contributed by atoms with van der Waals surface area (Å²) in [5, 5.41) is 11.6. The second kappa shape index (κ2) is 6.72. The number of pyridine rings is 1. The lowest BCUT2D eigenvalue weighted by atomic mass is 10.2. The molecule has 0 aliphatic rings. The van der Waals surface area contributed by atoms with Crippen LogP contribution >= 0.6 is 0 Å². The normalized spacial score (nSPS) is 10.5. The SMILES string of the molecule is CCC(CC)NC(=O)Cn1cc(C(=O)O)ccc1=O. The number of hydrogen-bond donors (Lipinski definition) is 2. The van der Waals surface area contributed by atoms with Gasteiger partial charge in [-0.1, -0.05) is 13.8 Å². The van der Waals surface area contributed by atoms with Crippen LogP contribution < -0.4 is 10.9 Å². The monoisotopic (exact) mass is 266 g/mol. The molecule has 0 fully saturated rings. The number of carbonyl (C=O) groups excluding carboxylic acids is 1. The number of carboxylic acids is 1. The van der Waals surface area contributed by atoms with Crippen molar-refractivity contribution in [1.82, 2.24) is 9.88 Å². The Morgan fingerprint density at radius 1 is 1.32 bits per heavy atom. The summed E-state index contributed by atoms with van der Waals surface area (Å²) in [4.78, 5) is 34.1. The fourth-order valence-electron chi connectivity index (χ4n) is 1.70. The van der Waals surface area contributed by atoms with Gasteiger partial charge in [-0.15, -0.1) is 0 Å². The van der Waals surface area contributed by atoms with E-state index in [-0.39, 0.29) is 24.1 Å². The van der Waals surface area contributed by atoms with Gasteiger partial charge < -0.3 is 15.0 Å². The van der Waals surface area contributed by atoms with Crippen LogP contribution in [0.4, 0.5) is 0 Å². The summed E-state index contributed by atoms with van der Waals surface area (Å²) in [5.41, 5.74) is -0.417. The zero-order chi connectivity index (χ0) is 14.4. The van der Waals surface area contributed by atoms with Crippen molar-refractivity contribution >= 4 is 11.9 Å². The molecule has 1 aromatic heterocycles. The molecule has 1 aromatic rings. The van der Waals surface area contributed by atoms with Gasteiger partial charge in [0.2, 0.25) is 5.91 Å². The number of hydrogen-bond acceptors (Lipinski definition) is 3. The Labute approximate surface area is 111 Å². The number of aromatic nitrogens is 1. The van der Waals surface area contributed by atoms with E-state index in [1.807, 2.05) is 13.8 Å². The largest absolute Gasteiger partial charge is 0.478 e. The van der Waals surface area contributed by atoms with Crippen LogP contribution in [0.15, 0.2) is 23.1 Å². The van der Waals surface area contributed by atoms with Gasteiger partial charge in [0, 0.05) is 18.3 Å². The van der Waals surface area contributed by atoms with Gasteiger partial charge in [0.1, 0.15) is 6.54 Å². The Morgan fingerprint density at radius 3 is 2.47 bits per heavy atom. The van der Waals surface area contributed by atoms with Crippen LogP contribution in [0.3, 0.4) is 0 Å². The van der Waals surface area contributed by atoms with Crippen LogP contribution in [0.1, 0.15) is 37.0 Å². The summed E-state index contributed by atoms with van der Waals surface area (Å²) in [6.07, 6.45) is 2.80. The van der Waals surface area contributed by atoms with Gasteiger partial charge in [0.05, 0.1) is 5.56 Å². The van der Waals surface area contributed by atoms with Gasteiger partial charge in [-0.05, 0) is 18.9 Å². The first-order valence-electron chi connectivity index (χ1n) is 6.21. The zero-order valence-corrected chi connectivity index (χ0v) is 11.0. The first-order chi connectivity index (χ1) is 8.97. The molecule has 1 heterocycles. The lowest BCUT2D eigenvalue weighted by molar-refractivity contribution is -0.122. The standard InChI is InChI=1S/C13H18N2O4/c1-3-10(4-2)14-11(16)8-15-7-9(13(18)19)5-6-12(15)17/h5-7,10H,3-4,8H2,1-2H3,(H,14,16)(H,18,19). The molecular weight excluding hydrogens is 248 g/mol. The van der Waals surface area contributed by atoms with Crippen molar-refractivity contribution in [2.24, 2.45) is 0 Å². The molecule has 19 heavy (non-hydrogen) atoms. The van der Waals surface area contributed by atoms with Crippen molar-refractivity contribution in [2.45, 2.75) is 39.3 Å². The lowest BCUT2D eigenvalue weighted by Gasteiger charge is -2.15. The Bertz CT molecular complexity index is 518. The molecule has 0 radical (unpaired) electrons. The average Bonchev–Trinajstić information content (AvgIpc) is 2.38. The van der Waals surface area contributed by atoms with E-state index < -0.39 is 11.5 Å². The molecule has 2 N–H and O–H groups in total. The first kappa shape index (κ1) is 14.9. The van der Waals surface area contributed by atoms with Crippen LogP contribution in [0.2, 0.25) is 0 Å². The van der Waals surface area contributed by atoms with Crippen LogP contribution in [-0.2, 0) is 11.3 Å². The minimum absolute atomic E-state index is 0.0186. The maximum absolute atomic E-state index is 11.8. The molecule has 0 bridgehead atoms. The highest BCUT2D eigenvalue weighted by Gasteiger charge is 2.11. The minimum atomic E-state index is -1.13. The highest BCUT2D eigenvalue weighted by Crippen LogP contribution is 1.98. The summed E-state index contributed by atoms with van der Waals surface area (Å²) in [5.74, 6) is -1.42. The van der Waals surface area contributed by atoms with E-state index in [0.29, 0.717) is 0 Å². The van der Waals surface area contributed by atoms with E-state index in [2.05, 4.69) is 5.32 Å². The number of carbonyl (C=O) groups is 2. The van der Waals surface area contributed by atoms with Crippen molar-refractivity contribution in [3.8, 4) is 0 Å². The molecule has 1 rings (SSSR count). The molecule has 0 aliphatic carbocycles. The first-order valence-corrected chi connectivity index (χ1v) is 6.21. The van der Waals surface area contributed by atoms with Crippen LogP contribution in [0.5, 0.6) is 0 Å². The molecule has 0 atom stereocenters. The van der Waals surface area contributed by atoms with Crippen molar-refractivity contribution in [2.75, 3.05) is 0 Å².